The summed E-state index contributed by atoms with van der Waals surface area (Å²) in [6, 6.07) is 0. The third-order valence-corrected chi connectivity index (χ3v) is 4.81. The van der Waals surface area contributed by atoms with Crippen LogP contribution in [0.2, 0.25) is 0 Å². The average molecular weight is 305 g/mol. The fourth-order valence-electron chi connectivity index (χ4n) is 3.32. The van der Waals surface area contributed by atoms with Gasteiger partial charge in [-0.15, -0.1) is 6.58 Å². The summed E-state index contributed by atoms with van der Waals surface area (Å²) in [6.45, 7) is 19.4. The number of hydrogen-bond donors (Lipinski definition) is 0. The first-order valence-electron chi connectivity index (χ1n) is 9.38. The standard InChI is InChI=1S/C22H40/c1-8-21(9-2)13-11-12-19(6)17-22(10-3)15-14-20(7)16-18(4)5/h8,13,19-20,22H,1,4,9-12,14-17H2,2-3,5-7H3. The minimum absolute atomic E-state index is 0.796. The van der Waals surface area contributed by atoms with Gasteiger partial charge in [0.1, 0.15) is 0 Å². The summed E-state index contributed by atoms with van der Waals surface area (Å²) in [7, 11) is 0. The van der Waals surface area contributed by atoms with Crippen LogP contribution in [0.4, 0.5) is 0 Å². The lowest BCUT2D eigenvalue weighted by atomic mass is 9.85. The van der Waals surface area contributed by atoms with E-state index in [1.54, 1.807) is 0 Å². The third kappa shape index (κ3) is 10.9. The van der Waals surface area contributed by atoms with E-state index in [0.717, 1.165) is 24.2 Å². The van der Waals surface area contributed by atoms with Gasteiger partial charge in [0, 0.05) is 0 Å². The molecule has 0 aromatic rings. The van der Waals surface area contributed by atoms with E-state index < -0.39 is 0 Å². The van der Waals surface area contributed by atoms with Crippen molar-refractivity contribution in [1.29, 1.82) is 0 Å². The Kier molecular flexibility index (Phi) is 12.3. The minimum atomic E-state index is 0.796. The molecule has 0 aliphatic heterocycles. The molecule has 0 radical (unpaired) electrons. The Morgan fingerprint density at radius 2 is 1.73 bits per heavy atom. The molecular formula is C22H40. The maximum atomic E-state index is 4.04. The Balaban J connectivity index is 4.07. The van der Waals surface area contributed by atoms with E-state index in [1.807, 2.05) is 6.08 Å². The summed E-state index contributed by atoms with van der Waals surface area (Å²) in [5.41, 5.74) is 2.72. The van der Waals surface area contributed by atoms with Gasteiger partial charge in [-0.3, -0.25) is 0 Å². The van der Waals surface area contributed by atoms with Crippen LogP contribution in [0.25, 0.3) is 0 Å². The van der Waals surface area contributed by atoms with Gasteiger partial charge in [0.05, 0.1) is 0 Å². The fourth-order valence-corrected chi connectivity index (χ4v) is 3.32. The van der Waals surface area contributed by atoms with Gasteiger partial charge in [-0.2, -0.15) is 0 Å². The highest BCUT2D eigenvalue weighted by molar-refractivity contribution is 5.15. The molecule has 0 fully saturated rings. The fraction of sp³-hybridized carbons (Fsp3) is 0.727. The predicted molar refractivity (Wildman–Crippen MR) is 103 cm³/mol. The van der Waals surface area contributed by atoms with Crippen LogP contribution in [0.1, 0.15) is 86.0 Å². The highest BCUT2D eigenvalue weighted by Gasteiger charge is 2.13. The molecule has 0 aliphatic rings. The van der Waals surface area contributed by atoms with Crippen LogP contribution in [0.5, 0.6) is 0 Å². The normalized spacial score (nSPS) is 16.1. The molecule has 0 amide bonds. The van der Waals surface area contributed by atoms with E-state index in [1.165, 1.54) is 56.1 Å². The summed E-state index contributed by atoms with van der Waals surface area (Å²) in [5.74, 6) is 2.53. The lowest BCUT2D eigenvalue weighted by molar-refractivity contribution is 0.322. The Morgan fingerprint density at radius 1 is 1.05 bits per heavy atom. The zero-order valence-corrected chi connectivity index (χ0v) is 16.0. The molecule has 22 heavy (non-hydrogen) atoms. The molecule has 0 heterocycles. The predicted octanol–water partition coefficient (Wildman–Crippen LogP) is 7.72. The monoisotopic (exact) mass is 304 g/mol. The molecule has 0 aromatic carbocycles. The smallest absolute Gasteiger partial charge is 0.0300 e. The van der Waals surface area contributed by atoms with Crippen molar-refractivity contribution in [3.8, 4) is 0 Å². The second-order valence-electron chi connectivity index (χ2n) is 7.37. The zero-order valence-electron chi connectivity index (χ0n) is 16.0. The van der Waals surface area contributed by atoms with Crippen LogP contribution in [0.3, 0.4) is 0 Å². The summed E-state index contributed by atoms with van der Waals surface area (Å²) in [5, 5.41) is 0. The van der Waals surface area contributed by atoms with Crippen molar-refractivity contribution < 1.29 is 0 Å². The van der Waals surface area contributed by atoms with Gasteiger partial charge >= 0.3 is 0 Å². The number of allylic oxidation sites excluding steroid dienone is 4. The summed E-state index contributed by atoms with van der Waals surface area (Å²) < 4.78 is 0. The van der Waals surface area contributed by atoms with Crippen molar-refractivity contribution in [3.05, 3.63) is 36.5 Å². The van der Waals surface area contributed by atoms with Crippen LogP contribution in [-0.4, -0.2) is 0 Å². The lowest BCUT2D eigenvalue weighted by Crippen LogP contribution is -2.08. The highest BCUT2D eigenvalue weighted by Crippen LogP contribution is 2.27. The third-order valence-electron chi connectivity index (χ3n) is 4.81. The van der Waals surface area contributed by atoms with E-state index >= 15 is 0 Å². The molecule has 0 N–H and O–H groups in total. The van der Waals surface area contributed by atoms with Crippen molar-refractivity contribution in [3.63, 3.8) is 0 Å². The van der Waals surface area contributed by atoms with Crippen LogP contribution in [0, 0.1) is 17.8 Å². The van der Waals surface area contributed by atoms with Crippen LogP contribution in [0.15, 0.2) is 36.5 Å². The van der Waals surface area contributed by atoms with Gasteiger partial charge in [0.15, 0.2) is 0 Å². The average Bonchev–Trinajstić information content (AvgIpc) is 2.47. The first-order chi connectivity index (χ1) is 10.4. The summed E-state index contributed by atoms with van der Waals surface area (Å²) >= 11 is 0. The molecule has 0 aromatic heterocycles. The molecule has 0 bridgehead atoms. The maximum absolute atomic E-state index is 4.04. The maximum Gasteiger partial charge on any atom is -0.0300 e. The van der Waals surface area contributed by atoms with Gasteiger partial charge in [0.25, 0.3) is 0 Å². The Bertz CT molecular complexity index is 334. The summed E-state index contributed by atoms with van der Waals surface area (Å²) in [4.78, 5) is 0. The topological polar surface area (TPSA) is 0 Å². The van der Waals surface area contributed by atoms with Gasteiger partial charge in [-0.05, 0) is 56.8 Å². The van der Waals surface area contributed by atoms with Crippen molar-refractivity contribution in [2.24, 2.45) is 17.8 Å². The molecule has 3 unspecified atom stereocenters. The largest absolute Gasteiger partial charge is 0.100 e. The van der Waals surface area contributed by atoms with E-state index in [0.29, 0.717) is 0 Å². The molecule has 0 heteroatoms. The molecule has 0 spiro atoms. The number of rotatable bonds is 13. The van der Waals surface area contributed by atoms with E-state index in [-0.39, 0.29) is 0 Å². The van der Waals surface area contributed by atoms with Crippen LogP contribution in [-0.2, 0) is 0 Å². The van der Waals surface area contributed by atoms with Crippen molar-refractivity contribution in [2.45, 2.75) is 86.0 Å². The van der Waals surface area contributed by atoms with Crippen LogP contribution >= 0.6 is 0 Å². The van der Waals surface area contributed by atoms with Crippen LogP contribution < -0.4 is 0 Å². The first kappa shape index (κ1) is 21.2. The number of hydrogen-bond acceptors (Lipinski definition) is 0. The van der Waals surface area contributed by atoms with Gasteiger partial charge in [-0.25, -0.2) is 0 Å². The molecule has 0 saturated heterocycles. The Morgan fingerprint density at radius 3 is 2.23 bits per heavy atom. The highest BCUT2D eigenvalue weighted by atomic mass is 14.2. The van der Waals surface area contributed by atoms with Crippen molar-refractivity contribution >= 4 is 0 Å². The molecular weight excluding hydrogens is 264 g/mol. The Labute approximate surface area is 140 Å². The van der Waals surface area contributed by atoms with E-state index in [4.69, 9.17) is 0 Å². The second-order valence-corrected chi connectivity index (χ2v) is 7.37. The quantitative estimate of drug-likeness (QED) is 0.241. The minimum Gasteiger partial charge on any atom is -0.100 e. The Hall–Kier alpha value is -0.780. The van der Waals surface area contributed by atoms with E-state index in [2.05, 4.69) is 53.9 Å². The SMILES string of the molecule is C=CC(=CCCC(C)CC(CC)CCC(C)CC(=C)C)CC. The molecule has 0 aliphatic carbocycles. The lowest BCUT2D eigenvalue weighted by Gasteiger charge is -2.21. The molecule has 0 nitrogen and oxygen atoms in total. The van der Waals surface area contributed by atoms with Crippen molar-refractivity contribution in [2.75, 3.05) is 0 Å². The summed E-state index contributed by atoms with van der Waals surface area (Å²) in [6.07, 6.45) is 14.7. The molecule has 128 valence electrons. The molecule has 3 atom stereocenters. The first-order valence-corrected chi connectivity index (χ1v) is 9.38. The van der Waals surface area contributed by atoms with Gasteiger partial charge < -0.3 is 0 Å². The van der Waals surface area contributed by atoms with Gasteiger partial charge in [0.2, 0.25) is 0 Å². The second kappa shape index (κ2) is 12.7. The van der Waals surface area contributed by atoms with Crippen molar-refractivity contribution in [1.82, 2.24) is 0 Å². The molecule has 0 saturated carbocycles. The van der Waals surface area contributed by atoms with E-state index in [9.17, 15) is 0 Å². The molecule has 0 rings (SSSR count). The van der Waals surface area contributed by atoms with Gasteiger partial charge in [-0.1, -0.05) is 76.8 Å². The zero-order chi connectivity index (χ0) is 17.0.